The van der Waals surface area contributed by atoms with Crippen LogP contribution in [0.4, 0.5) is 17.5 Å². The minimum absolute atomic E-state index is 0.0803. The summed E-state index contributed by atoms with van der Waals surface area (Å²) in [6.45, 7) is 3.54. The molecule has 2 rings (SSSR count). The normalized spacial score (nSPS) is 10.2. The molecule has 21 heavy (non-hydrogen) atoms. The number of nitrogens with one attached hydrogen (secondary N) is 2. The summed E-state index contributed by atoms with van der Waals surface area (Å²) in [6.07, 6.45) is 1.62. The lowest BCUT2D eigenvalue weighted by Gasteiger charge is -2.09. The smallest absolute Gasteiger partial charge is 0.332 e. The molecule has 4 N–H and O–H groups in total. The molecule has 10 nitrogen and oxygen atoms in total. The Hall–Kier alpha value is -2.88. The summed E-state index contributed by atoms with van der Waals surface area (Å²) in [6, 6.07) is 1.71. The molecule has 0 spiro atoms. The Bertz CT molecular complexity index is 675. The first-order valence-corrected chi connectivity index (χ1v) is 6.03. The van der Waals surface area contributed by atoms with E-state index in [1.165, 1.54) is 6.92 Å². The monoisotopic (exact) mass is 290 g/mol. The SMILES string of the molecule is Cc1nccc(CNc2nc(NN)nc(C)c2[N+](=O)[O-])n1. The molecule has 0 amide bonds. The number of nitrogens with zero attached hydrogens (tertiary/aromatic N) is 5. The average Bonchev–Trinajstić information content (AvgIpc) is 2.44. The van der Waals surface area contributed by atoms with Crippen LogP contribution in [0.25, 0.3) is 0 Å². The first-order valence-electron chi connectivity index (χ1n) is 6.03. The highest BCUT2D eigenvalue weighted by atomic mass is 16.6. The predicted molar refractivity (Wildman–Crippen MR) is 75.3 cm³/mol. The summed E-state index contributed by atoms with van der Waals surface area (Å²) in [7, 11) is 0. The first-order chi connectivity index (χ1) is 10.0. The number of anilines is 2. The number of hydrogen-bond donors (Lipinski definition) is 3. The van der Waals surface area contributed by atoms with Gasteiger partial charge >= 0.3 is 5.69 Å². The van der Waals surface area contributed by atoms with Gasteiger partial charge in [0.05, 0.1) is 17.2 Å². The number of nitro groups is 1. The van der Waals surface area contributed by atoms with Gasteiger partial charge in [0.1, 0.15) is 11.5 Å². The summed E-state index contributed by atoms with van der Waals surface area (Å²) in [4.78, 5) is 26.6. The number of aryl methyl sites for hydroxylation is 2. The van der Waals surface area contributed by atoms with Gasteiger partial charge in [-0.2, -0.15) is 4.98 Å². The molecule has 2 heterocycles. The van der Waals surface area contributed by atoms with Crippen molar-refractivity contribution in [3.8, 4) is 0 Å². The van der Waals surface area contributed by atoms with E-state index in [0.29, 0.717) is 11.5 Å². The molecule has 110 valence electrons. The van der Waals surface area contributed by atoms with Crippen LogP contribution < -0.4 is 16.6 Å². The van der Waals surface area contributed by atoms with Crippen molar-refractivity contribution < 1.29 is 4.92 Å². The van der Waals surface area contributed by atoms with Gasteiger partial charge < -0.3 is 5.32 Å². The zero-order valence-corrected chi connectivity index (χ0v) is 11.5. The zero-order valence-electron chi connectivity index (χ0n) is 11.5. The molecular formula is C11H14N8O2. The van der Waals surface area contributed by atoms with Crippen LogP contribution >= 0.6 is 0 Å². The van der Waals surface area contributed by atoms with E-state index in [-0.39, 0.29) is 29.7 Å². The van der Waals surface area contributed by atoms with Crippen molar-refractivity contribution in [2.75, 3.05) is 10.7 Å². The van der Waals surface area contributed by atoms with Crippen molar-refractivity contribution in [3.63, 3.8) is 0 Å². The van der Waals surface area contributed by atoms with E-state index in [1.807, 2.05) is 0 Å². The number of aromatic nitrogens is 4. The minimum atomic E-state index is -0.539. The fraction of sp³-hybridized carbons (Fsp3) is 0.273. The van der Waals surface area contributed by atoms with Crippen LogP contribution in [0.5, 0.6) is 0 Å². The predicted octanol–water partition coefficient (Wildman–Crippen LogP) is 0.689. The van der Waals surface area contributed by atoms with Gasteiger partial charge in [-0.15, -0.1) is 0 Å². The van der Waals surface area contributed by atoms with Crippen LogP contribution in [0, 0.1) is 24.0 Å². The third-order valence-electron chi connectivity index (χ3n) is 2.64. The summed E-state index contributed by atoms with van der Waals surface area (Å²) >= 11 is 0. The molecule has 0 aliphatic heterocycles. The summed E-state index contributed by atoms with van der Waals surface area (Å²) < 4.78 is 0. The summed E-state index contributed by atoms with van der Waals surface area (Å²) in [5, 5.41) is 14.0. The largest absolute Gasteiger partial charge is 0.359 e. The minimum Gasteiger partial charge on any atom is -0.359 e. The maximum atomic E-state index is 11.1. The Labute approximate surface area is 120 Å². The van der Waals surface area contributed by atoms with E-state index in [2.05, 4.69) is 30.7 Å². The topological polar surface area (TPSA) is 145 Å². The summed E-state index contributed by atoms with van der Waals surface area (Å²) in [5.41, 5.74) is 2.98. The third kappa shape index (κ3) is 3.36. The van der Waals surface area contributed by atoms with Crippen LogP contribution in [0.15, 0.2) is 12.3 Å². The van der Waals surface area contributed by atoms with Gasteiger partial charge in [0.2, 0.25) is 11.8 Å². The maximum absolute atomic E-state index is 11.1. The molecule has 0 fully saturated rings. The fourth-order valence-electron chi connectivity index (χ4n) is 1.75. The fourth-order valence-corrected chi connectivity index (χ4v) is 1.75. The molecule has 0 unspecified atom stereocenters. The van der Waals surface area contributed by atoms with Gasteiger partial charge in [-0.05, 0) is 19.9 Å². The van der Waals surface area contributed by atoms with Gasteiger partial charge in [-0.3, -0.25) is 15.5 Å². The van der Waals surface area contributed by atoms with E-state index in [0.717, 1.165) is 0 Å². The lowest BCUT2D eigenvalue weighted by Crippen LogP contribution is -2.15. The van der Waals surface area contributed by atoms with Gasteiger partial charge in [-0.1, -0.05) is 0 Å². The number of nitrogen functional groups attached to an aromatic ring is 1. The van der Waals surface area contributed by atoms with Crippen molar-refractivity contribution in [2.24, 2.45) is 5.84 Å². The van der Waals surface area contributed by atoms with Crippen LogP contribution in [-0.4, -0.2) is 24.9 Å². The first kappa shape index (κ1) is 14.5. The molecule has 0 atom stereocenters. The lowest BCUT2D eigenvalue weighted by atomic mass is 10.3. The second-order valence-electron chi connectivity index (χ2n) is 4.18. The molecule has 0 saturated carbocycles. The van der Waals surface area contributed by atoms with Crippen molar-refractivity contribution in [2.45, 2.75) is 20.4 Å². The standard InChI is InChI=1S/C11H14N8O2/c1-6-9(19(20)21)10(17-11(15-6)18-12)14-5-8-3-4-13-7(2)16-8/h3-4H,5,12H2,1-2H3,(H2,14,15,17,18). The van der Waals surface area contributed by atoms with Crippen molar-refractivity contribution >= 4 is 17.5 Å². The quantitative estimate of drug-likeness (QED) is 0.411. The number of rotatable bonds is 5. The molecule has 0 aliphatic carbocycles. The van der Waals surface area contributed by atoms with Crippen molar-refractivity contribution in [3.05, 3.63) is 39.6 Å². The van der Waals surface area contributed by atoms with Gasteiger partial charge in [0.25, 0.3) is 0 Å². The number of hydrazine groups is 1. The molecule has 0 aromatic carbocycles. The van der Waals surface area contributed by atoms with E-state index in [4.69, 9.17) is 5.84 Å². The Morgan fingerprint density at radius 3 is 2.71 bits per heavy atom. The Morgan fingerprint density at radius 2 is 2.10 bits per heavy atom. The summed E-state index contributed by atoms with van der Waals surface area (Å²) in [5.74, 6) is 6.04. The Morgan fingerprint density at radius 1 is 1.33 bits per heavy atom. The van der Waals surface area contributed by atoms with Gasteiger partial charge in [0.15, 0.2) is 0 Å². The van der Waals surface area contributed by atoms with Crippen LogP contribution in [0.1, 0.15) is 17.2 Å². The van der Waals surface area contributed by atoms with Gasteiger partial charge in [0, 0.05) is 6.20 Å². The third-order valence-corrected chi connectivity index (χ3v) is 2.64. The van der Waals surface area contributed by atoms with E-state index in [1.54, 1.807) is 19.2 Å². The second kappa shape index (κ2) is 6.05. The molecule has 0 bridgehead atoms. The molecule has 0 aliphatic rings. The van der Waals surface area contributed by atoms with E-state index < -0.39 is 4.92 Å². The second-order valence-corrected chi connectivity index (χ2v) is 4.18. The lowest BCUT2D eigenvalue weighted by molar-refractivity contribution is -0.385. The van der Waals surface area contributed by atoms with Crippen molar-refractivity contribution in [1.82, 2.24) is 19.9 Å². The maximum Gasteiger partial charge on any atom is 0.332 e. The molecule has 10 heteroatoms. The molecule has 0 saturated heterocycles. The zero-order chi connectivity index (χ0) is 15.4. The van der Waals surface area contributed by atoms with Crippen molar-refractivity contribution in [1.29, 1.82) is 0 Å². The number of hydrogen-bond acceptors (Lipinski definition) is 9. The van der Waals surface area contributed by atoms with E-state index >= 15 is 0 Å². The molecule has 2 aromatic heterocycles. The average molecular weight is 290 g/mol. The number of nitrogens with two attached hydrogens (primary N) is 1. The van der Waals surface area contributed by atoms with Crippen LogP contribution in [-0.2, 0) is 6.54 Å². The Balaban J connectivity index is 2.29. The van der Waals surface area contributed by atoms with Gasteiger partial charge in [-0.25, -0.2) is 20.8 Å². The molecular weight excluding hydrogens is 276 g/mol. The van der Waals surface area contributed by atoms with Crippen LogP contribution in [0.2, 0.25) is 0 Å². The highest BCUT2D eigenvalue weighted by molar-refractivity contribution is 5.60. The molecule has 0 radical (unpaired) electrons. The molecule has 2 aromatic rings. The van der Waals surface area contributed by atoms with E-state index in [9.17, 15) is 10.1 Å². The highest BCUT2D eigenvalue weighted by Gasteiger charge is 2.21. The highest BCUT2D eigenvalue weighted by Crippen LogP contribution is 2.26. The van der Waals surface area contributed by atoms with Crippen LogP contribution in [0.3, 0.4) is 0 Å². The Kier molecular flexibility index (Phi) is 4.18.